The Morgan fingerprint density at radius 2 is 1.36 bits per heavy atom. The fraction of sp³-hybridized carbons (Fsp3) is 1.00. The number of ether oxygens (including phenoxy) is 2. The number of hydrogen-bond acceptors (Lipinski definition) is 2. The van der Waals surface area contributed by atoms with Gasteiger partial charge in [-0.25, -0.2) is 0 Å². The summed E-state index contributed by atoms with van der Waals surface area (Å²) in [6.07, 6.45) is 9.46. The van der Waals surface area contributed by atoms with Crippen molar-refractivity contribution in [3.05, 3.63) is 0 Å². The van der Waals surface area contributed by atoms with Gasteiger partial charge in [0, 0.05) is 19.6 Å². The van der Waals surface area contributed by atoms with Gasteiger partial charge in [-0.3, -0.25) is 0 Å². The van der Waals surface area contributed by atoms with Crippen LogP contribution in [0.25, 0.3) is 0 Å². The van der Waals surface area contributed by atoms with Crippen molar-refractivity contribution < 1.29 is 9.47 Å². The van der Waals surface area contributed by atoms with E-state index in [1.807, 2.05) is 14.2 Å². The SMILES string of the molecule is COCC(CCC(C(C)C)C(C)C)(COC)C1CCCCC1. The zero-order valence-electron chi connectivity index (χ0n) is 16.0. The van der Waals surface area contributed by atoms with E-state index in [0.29, 0.717) is 0 Å². The molecule has 0 aromatic carbocycles. The summed E-state index contributed by atoms with van der Waals surface area (Å²) in [5, 5.41) is 0. The van der Waals surface area contributed by atoms with Crippen molar-refractivity contribution in [3.63, 3.8) is 0 Å². The molecule has 0 heterocycles. The minimum absolute atomic E-state index is 0.228. The van der Waals surface area contributed by atoms with Gasteiger partial charge in [0.2, 0.25) is 0 Å². The number of hydrogen-bond donors (Lipinski definition) is 0. The lowest BCUT2D eigenvalue weighted by Gasteiger charge is -2.43. The van der Waals surface area contributed by atoms with Crippen LogP contribution < -0.4 is 0 Å². The van der Waals surface area contributed by atoms with Crippen LogP contribution >= 0.6 is 0 Å². The molecule has 22 heavy (non-hydrogen) atoms. The molecule has 0 N–H and O–H groups in total. The van der Waals surface area contributed by atoms with Crippen molar-refractivity contribution in [1.82, 2.24) is 0 Å². The highest BCUT2D eigenvalue weighted by molar-refractivity contribution is 4.89. The van der Waals surface area contributed by atoms with Gasteiger partial charge in [-0.1, -0.05) is 47.0 Å². The zero-order valence-corrected chi connectivity index (χ0v) is 16.0. The lowest BCUT2D eigenvalue weighted by Crippen LogP contribution is -2.41. The maximum atomic E-state index is 5.69. The summed E-state index contributed by atoms with van der Waals surface area (Å²) in [6, 6.07) is 0. The van der Waals surface area contributed by atoms with Crippen LogP contribution in [0.2, 0.25) is 0 Å². The Hall–Kier alpha value is -0.0800. The Balaban J connectivity index is 2.83. The van der Waals surface area contributed by atoms with Crippen LogP contribution in [0.5, 0.6) is 0 Å². The molecule has 0 saturated heterocycles. The quantitative estimate of drug-likeness (QED) is 0.526. The highest BCUT2D eigenvalue weighted by atomic mass is 16.5. The first kappa shape index (κ1) is 20.0. The molecule has 0 aromatic rings. The Kier molecular flexibility index (Phi) is 9.01. The van der Waals surface area contributed by atoms with E-state index in [2.05, 4.69) is 27.7 Å². The maximum absolute atomic E-state index is 5.69. The van der Waals surface area contributed by atoms with Crippen molar-refractivity contribution in [3.8, 4) is 0 Å². The molecule has 1 aliphatic carbocycles. The molecule has 0 amide bonds. The van der Waals surface area contributed by atoms with E-state index in [9.17, 15) is 0 Å². The molecule has 0 spiro atoms. The summed E-state index contributed by atoms with van der Waals surface area (Å²) < 4.78 is 11.4. The van der Waals surface area contributed by atoms with Gasteiger partial charge >= 0.3 is 0 Å². The largest absolute Gasteiger partial charge is 0.384 e. The van der Waals surface area contributed by atoms with Crippen molar-refractivity contribution in [2.45, 2.75) is 72.6 Å². The Bertz CT molecular complexity index is 265. The first-order valence-corrected chi connectivity index (χ1v) is 9.44. The average Bonchev–Trinajstić information content (AvgIpc) is 2.48. The molecule has 1 fully saturated rings. The van der Waals surface area contributed by atoms with E-state index in [0.717, 1.165) is 36.9 Å². The molecule has 0 atom stereocenters. The molecule has 0 radical (unpaired) electrons. The van der Waals surface area contributed by atoms with Gasteiger partial charge in [-0.15, -0.1) is 0 Å². The maximum Gasteiger partial charge on any atom is 0.0543 e. The Morgan fingerprint density at radius 1 is 0.864 bits per heavy atom. The number of rotatable bonds is 10. The topological polar surface area (TPSA) is 18.5 Å². The highest BCUT2D eigenvalue weighted by Gasteiger charge is 2.40. The van der Waals surface area contributed by atoms with Crippen LogP contribution in [-0.2, 0) is 9.47 Å². The first-order chi connectivity index (χ1) is 10.5. The second kappa shape index (κ2) is 9.93. The van der Waals surface area contributed by atoms with E-state index >= 15 is 0 Å². The van der Waals surface area contributed by atoms with Gasteiger partial charge in [0.15, 0.2) is 0 Å². The Labute approximate surface area is 139 Å². The third-order valence-electron chi connectivity index (χ3n) is 6.02. The third-order valence-corrected chi connectivity index (χ3v) is 6.02. The molecule has 2 heteroatoms. The first-order valence-electron chi connectivity index (χ1n) is 9.44. The molecule has 1 saturated carbocycles. The molecular formula is C20H40O2. The summed E-state index contributed by atoms with van der Waals surface area (Å²) in [5.41, 5.74) is 0.228. The van der Waals surface area contributed by atoms with E-state index in [-0.39, 0.29) is 5.41 Å². The number of methoxy groups -OCH3 is 2. The standard InChI is InChI=1S/C20H40O2/c1-16(2)19(17(3)4)12-13-20(14-21-5,15-22-6)18-10-8-7-9-11-18/h16-19H,7-15H2,1-6H3. The summed E-state index contributed by atoms with van der Waals surface area (Å²) >= 11 is 0. The molecule has 0 unspecified atom stereocenters. The Morgan fingerprint density at radius 3 is 1.77 bits per heavy atom. The molecule has 0 aromatic heterocycles. The molecule has 1 rings (SSSR count). The van der Waals surface area contributed by atoms with Crippen LogP contribution in [0.15, 0.2) is 0 Å². The zero-order chi connectivity index (χ0) is 16.6. The lowest BCUT2D eigenvalue weighted by molar-refractivity contribution is -0.0517. The molecule has 0 bridgehead atoms. The van der Waals surface area contributed by atoms with Crippen LogP contribution in [0.4, 0.5) is 0 Å². The minimum atomic E-state index is 0.228. The minimum Gasteiger partial charge on any atom is -0.384 e. The summed E-state index contributed by atoms with van der Waals surface area (Å²) in [5.74, 6) is 3.10. The van der Waals surface area contributed by atoms with E-state index in [4.69, 9.17) is 9.47 Å². The van der Waals surface area contributed by atoms with Gasteiger partial charge in [-0.2, -0.15) is 0 Å². The van der Waals surface area contributed by atoms with Gasteiger partial charge in [0.05, 0.1) is 13.2 Å². The fourth-order valence-corrected chi connectivity index (χ4v) is 4.81. The molecule has 1 aliphatic rings. The normalized spacial score (nSPS) is 17.9. The second-order valence-electron chi connectivity index (χ2n) is 8.25. The van der Waals surface area contributed by atoms with Gasteiger partial charge < -0.3 is 9.47 Å². The predicted octanol–water partition coefficient (Wildman–Crippen LogP) is 5.55. The summed E-state index contributed by atoms with van der Waals surface area (Å²) in [7, 11) is 3.71. The third kappa shape index (κ3) is 5.53. The van der Waals surface area contributed by atoms with Gasteiger partial charge in [0.25, 0.3) is 0 Å². The van der Waals surface area contributed by atoms with Crippen LogP contribution in [-0.4, -0.2) is 27.4 Å². The predicted molar refractivity (Wildman–Crippen MR) is 95.2 cm³/mol. The van der Waals surface area contributed by atoms with Crippen molar-refractivity contribution >= 4 is 0 Å². The van der Waals surface area contributed by atoms with E-state index in [1.54, 1.807) is 0 Å². The van der Waals surface area contributed by atoms with Crippen molar-refractivity contribution in [2.75, 3.05) is 27.4 Å². The average molecular weight is 313 g/mol. The second-order valence-corrected chi connectivity index (χ2v) is 8.25. The van der Waals surface area contributed by atoms with Crippen LogP contribution in [0.3, 0.4) is 0 Å². The lowest BCUT2D eigenvalue weighted by atomic mass is 9.65. The van der Waals surface area contributed by atoms with Gasteiger partial charge in [0.1, 0.15) is 0 Å². The van der Waals surface area contributed by atoms with Crippen molar-refractivity contribution in [1.29, 1.82) is 0 Å². The monoisotopic (exact) mass is 312 g/mol. The summed E-state index contributed by atoms with van der Waals surface area (Å²) in [6.45, 7) is 11.2. The van der Waals surface area contributed by atoms with Crippen LogP contribution in [0, 0.1) is 29.1 Å². The molecular weight excluding hydrogens is 272 g/mol. The summed E-state index contributed by atoms with van der Waals surface area (Å²) in [4.78, 5) is 0. The molecule has 2 nitrogen and oxygen atoms in total. The fourth-order valence-electron chi connectivity index (χ4n) is 4.81. The van der Waals surface area contributed by atoms with Gasteiger partial charge in [-0.05, 0) is 49.4 Å². The molecule has 0 aliphatic heterocycles. The molecule has 132 valence electrons. The van der Waals surface area contributed by atoms with E-state index < -0.39 is 0 Å². The smallest absolute Gasteiger partial charge is 0.0543 e. The van der Waals surface area contributed by atoms with E-state index in [1.165, 1.54) is 44.9 Å². The van der Waals surface area contributed by atoms with Crippen molar-refractivity contribution in [2.24, 2.45) is 29.1 Å². The highest BCUT2D eigenvalue weighted by Crippen LogP contribution is 2.44. The van der Waals surface area contributed by atoms with Crippen LogP contribution in [0.1, 0.15) is 72.6 Å².